The second kappa shape index (κ2) is 12.6. The molecule has 7 aromatic rings. The van der Waals surface area contributed by atoms with Crippen LogP contribution in [0.4, 0.5) is 0 Å². The average Bonchev–Trinajstić information content (AvgIpc) is 3.43. The number of hydrogen-bond donors (Lipinski definition) is 0. The van der Waals surface area contributed by atoms with E-state index in [0.29, 0.717) is 28.1 Å². The van der Waals surface area contributed by atoms with Gasteiger partial charge in [-0.05, 0) is 48.1 Å². The Morgan fingerprint density at radius 3 is 2.42 bits per heavy atom. The summed E-state index contributed by atoms with van der Waals surface area (Å²) in [6.07, 6.45) is 1.49. The van der Waals surface area contributed by atoms with E-state index >= 15 is 0 Å². The maximum absolute atomic E-state index is 8.54. The third-order valence-electron chi connectivity index (χ3n) is 6.00. The number of fused-ring (bicyclic) bond motifs is 3. The van der Waals surface area contributed by atoms with Crippen molar-refractivity contribution in [1.29, 1.82) is 0 Å². The Hall–Kier alpha value is -4.44. The van der Waals surface area contributed by atoms with Crippen molar-refractivity contribution >= 4 is 22.1 Å². The van der Waals surface area contributed by atoms with Crippen LogP contribution < -0.4 is 0 Å². The summed E-state index contributed by atoms with van der Waals surface area (Å²) in [6, 6.07) is 38.8. The van der Waals surface area contributed by atoms with E-state index in [2.05, 4.69) is 27.1 Å². The number of pyridine rings is 3. The minimum atomic E-state index is -2.22. The topological polar surface area (TPSA) is 51.8 Å². The number of rotatable bonds is 4. The SMILES string of the molecule is [2H]C([2H])([2H])c1ccnc(-c2[c-]cc3oc4nc(C([2H])([2H])c5ccccc5)ccc4c3c2)c1.[Ir].[c-]1ccccc1-c1ccccn1. The molecule has 4 nitrogen and oxygen atoms in total. The molecule has 0 spiro atoms. The molecule has 0 unspecified atom stereocenters. The van der Waals surface area contributed by atoms with Crippen molar-refractivity contribution in [2.75, 3.05) is 0 Å². The molecule has 40 heavy (non-hydrogen) atoms. The van der Waals surface area contributed by atoms with Gasteiger partial charge in [0.15, 0.2) is 0 Å². The van der Waals surface area contributed by atoms with Crippen LogP contribution in [-0.4, -0.2) is 15.0 Å². The minimum absolute atomic E-state index is 0. The molecule has 0 bridgehead atoms. The standard InChI is InChI=1S/C24H17N2O.C11H8N.Ir/c1-16-11-12-25-22(13-16)18-7-10-23-21(15-18)20-9-8-19(26-24(20)27-23)14-17-5-3-2-4-6-17;1-2-6-10(7-3-1)11-8-4-5-9-12-11;/h2-6,8-13,15H,14H2,1H3;1-6,8-9H;/q2*-1;/i1D3,14D2;;. The molecule has 0 saturated carbocycles. The molecule has 0 fully saturated rings. The molecule has 0 N–H and O–H groups in total. The van der Waals surface area contributed by atoms with Crippen LogP contribution in [0.1, 0.15) is 23.7 Å². The first kappa shape index (κ1) is 21.4. The number of nitrogens with zero attached hydrogens (tertiary/aromatic N) is 3. The molecule has 4 heterocycles. The molecule has 0 aliphatic heterocycles. The molecule has 0 aliphatic carbocycles. The van der Waals surface area contributed by atoms with Crippen LogP contribution in [0.2, 0.25) is 0 Å². The van der Waals surface area contributed by atoms with Crippen molar-refractivity contribution in [3.05, 3.63) is 151 Å². The van der Waals surface area contributed by atoms with Crippen molar-refractivity contribution < 1.29 is 31.4 Å². The Labute approximate surface area is 254 Å². The smallest absolute Gasteiger partial charge is 0.216 e. The Bertz CT molecular complexity index is 2000. The van der Waals surface area contributed by atoms with Crippen molar-refractivity contribution in [2.24, 2.45) is 0 Å². The van der Waals surface area contributed by atoms with E-state index in [1.165, 1.54) is 18.3 Å². The van der Waals surface area contributed by atoms with Crippen molar-refractivity contribution in [3.63, 3.8) is 0 Å². The predicted molar refractivity (Wildman–Crippen MR) is 156 cm³/mol. The van der Waals surface area contributed by atoms with Gasteiger partial charge in [0.25, 0.3) is 0 Å². The Morgan fingerprint density at radius 2 is 1.62 bits per heavy atom. The zero-order chi connectivity index (χ0) is 30.7. The first-order chi connectivity index (χ1) is 21.2. The molecule has 1 radical (unpaired) electrons. The van der Waals surface area contributed by atoms with Gasteiger partial charge in [-0.1, -0.05) is 59.5 Å². The summed E-state index contributed by atoms with van der Waals surface area (Å²) in [5, 5.41) is 1.50. The maximum atomic E-state index is 8.54. The summed E-state index contributed by atoms with van der Waals surface area (Å²) >= 11 is 0. The molecule has 0 aliphatic rings. The quantitative estimate of drug-likeness (QED) is 0.174. The molecular weight excluding hydrogens is 671 g/mol. The fourth-order valence-electron chi connectivity index (χ4n) is 4.14. The Kier molecular flexibility index (Phi) is 6.74. The summed E-state index contributed by atoms with van der Waals surface area (Å²) in [5.74, 6) is 0. The summed E-state index contributed by atoms with van der Waals surface area (Å²) < 4.78 is 45.8. The molecule has 7 rings (SSSR count). The molecule has 0 amide bonds. The Balaban J connectivity index is 0.000000258. The van der Waals surface area contributed by atoms with E-state index < -0.39 is 13.2 Å². The van der Waals surface area contributed by atoms with Gasteiger partial charge in [0.2, 0.25) is 5.71 Å². The van der Waals surface area contributed by atoms with E-state index in [0.717, 1.165) is 22.0 Å². The third kappa shape index (κ3) is 6.23. The van der Waals surface area contributed by atoms with Crippen molar-refractivity contribution in [1.82, 2.24) is 15.0 Å². The van der Waals surface area contributed by atoms with Gasteiger partial charge in [-0.3, -0.25) is 0 Å². The largest absolute Gasteiger partial charge is 0.486 e. The van der Waals surface area contributed by atoms with Crippen LogP contribution >= 0.6 is 0 Å². The van der Waals surface area contributed by atoms with Gasteiger partial charge < -0.3 is 14.4 Å². The van der Waals surface area contributed by atoms with Crippen LogP contribution in [0.5, 0.6) is 0 Å². The van der Waals surface area contributed by atoms with Crippen molar-refractivity contribution in [2.45, 2.75) is 13.2 Å². The van der Waals surface area contributed by atoms with Crippen LogP contribution in [0.3, 0.4) is 0 Å². The van der Waals surface area contributed by atoms with E-state index in [1.54, 1.807) is 48.7 Å². The molecule has 5 heteroatoms. The fourth-order valence-corrected chi connectivity index (χ4v) is 4.14. The number of benzene rings is 3. The van der Waals surface area contributed by atoms with Gasteiger partial charge >= 0.3 is 0 Å². The predicted octanol–water partition coefficient (Wildman–Crippen LogP) is 8.29. The van der Waals surface area contributed by atoms with Gasteiger partial charge in [0.1, 0.15) is 0 Å². The van der Waals surface area contributed by atoms with E-state index in [1.807, 2.05) is 54.6 Å². The average molecular weight is 701 g/mol. The second-order valence-electron chi connectivity index (χ2n) is 8.69. The van der Waals surface area contributed by atoms with Crippen LogP contribution in [-0.2, 0) is 26.5 Å². The molecule has 0 saturated heterocycles. The van der Waals surface area contributed by atoms with Gasteiger partial charge in [0.05, 0.1) is 5.58 Å². The minimum Gasteiger partial charge on any atom is -0.486 e. The summed E-state index contributed by atoms with van der Waals surface area (Å²) in [4.78, 5) is 13.0. The zero-order valence-corrected chi connectivity index (χ0v) is 23.5. The normalized spacial score (nSPS) is 13.1. The van der Waals surface area contributed by atoms with Crippen LogP contribution in [0.25, 0.3) is 44.6 Å². The van der Waals surface area contributed by atoms with Gasteiger partial charge in [-0.15, -0.1) is 59.7 Å². The first-order valence-corrected chi connectivity index (χ1v) is 12.4. The Morgan fingerprint density at radius 1 is 0.775 bits per heavy atom. The molecule has 197 valence electrons. The van der Waals surface area contributed by atoms with Gasteiger partial charge in [0, 0.05) is 56.8 Å². The fraction of sp³-hybridized carbons (Fsp3) is 0.0571. The zero-order valence-electron chi connectivity index (χ0n) is 26.1. The number of furan rings is 1. The van der Waals surface area contributed by atoms with E-state index in [-0.39, 0.29) is 31.4 Å². The molecular formula is C35H25IrN3O-2. The number of hydrogen-bond acceptors (Lipinski definition) is 4. The van der Waals surface area contributed by atoms with E-state index in [9.17, 15) is 0 Å². The van der Waals surface area contributed by atoms with E-state index in [4.69, 9.17) is 11.3 Å². The number of aromatic nitrogens is 3. The molecule has 4 aromatic heterocycles. The van der Waals surface area contributed by atoms with Crippen molar-refractivity contribution in [3.8, 4) is 22.5 Å². The van der Waals surface area contributed by atoms with Crippen LogP contribution in [0.15, 0.2) is 126 Å². The summed E-state index contributed by atoms with van der Waals surface area (Å²) in [5.41, 5.74) is 5.01. The van der Waals surface area contributed by atoms with Crippen LogP contribution in [0, 0.1) is 19.0 Å². The molecule has 0 atom stereocenters. The monoisotopic (exact) mass is 701 g/mol. The third-order valence-corrected chi connectivity index (χ3v) is 6.00. The molecule has 3 aromatic carbocycles. The second-order valence-corrected chi connectivity index (χ2v) is 8.69. The summed E-state index contributed by atoms with van der Waals surface area (Å²) in [6.45, 7) is -2.22. The summed E-state index contributed by atoms with van der Waals surface area (Å²) in [7, 11) is 0. The maximum Gasteiger partial charge on any atom is 0.216 e. The van der Waals surface area contributed by atoms with Gasteiger partial charge in [-0.25, -0.2) is 4.98 Å². The first-order valence-electron chi connectivity index (χ1n) is 14.9. The number of aryl methyl sites for hydroxylation is 1. The van der Waals surface area contributed by atoms with Gasteiger partial charge in [-0.2, -0.15) is 0 Å².